The highest BCUT2D eigenvalue weighted by molar-refractivity contribution is 5.91. The zero-order valence-corrected chi connectivity index (χ0v) is 35.1. The van der Waals surface area contributed by atoms with Gasteiger partial charge >= 0.3 is 0 Å². The number of nitrogens with zero attached hydrogens (tertiary/aromatic N) is 1. The highest BCUT2D eigenvalue weighted by Crippen LogP contribution is 2.46. The predicted molar refractivity (Wildman–Crippen MR) is 258 cm³/mol. The lowest BCUT2D eigenvalue weighted by Crippen LogP contribution is -2.26. The number of hydrogen-bond donors (Lipinski definition) is 2. The molecule has 0 saturated heterocycles. The quantitative estimate of drug-likeness (QED) is 0.114. The van der Waals surface area contributed by atoms with Crippen LogP contribution in [0, 0.1) is 0 Å². The van der Waals surface area contributed by atoms with E-state index in [4.69, 9.17) is 9.47 Å². The van der Waals surface area contributed by atoms with Crippen LogP contribution in [0.15, 0.2) is 206 Å². The lowest BCUT2D eigenvalue weighted by Gasteiger charge is -2.33. The number of para-hydroxylation sites is 2. The molecule has 63 heavy (non-hydrogen) atoms. The maximum Gasteiger partial charge on any atom is 0.127 e. The van der Waals surface area contributed by atoms with Gasteiger partial charge in [-0.2, -0.15) is 0 Å². The second kappa shape index (κ2) is 17.1. The summed E-state index contributed by atoms with van der Waals surface area (Å²) in [7, 11) is 0. The van der Waals surface area contributed by atoms with Gasteiger partial charge in [-0.1, -0.05) is 146 Å². The second-order valence-electron chi connectivity index (χ2n) is 16.2. The average molecular weight is 822 g/mol. The molecule has 0 bridgehead atoms. The van der Waals surface area contributed by atoms with Gasteiger partial charge in [-0.05, 0) is 123 Å². The van der Waals surface area contributed by atoms with E-state index in [0.29, 0.717) is 11.5 Å². The van der Waals surface area contributed by atoms with E-state index in [-0.39, 0.29) is 26.4 Å². The van der Waals surface area contributed by atoms with Gasteiger partial charge in [0, 0.05) is 27.6 Å². The zero-order chi connectivity index (χ0) is 42.8. The van der Waals surface area contributed by atoms with E-state index in [9.17, 15) is 10.2 Å². The summed E-state index contributed by atoms with van der Waals surface area (Å²) in [6.45, 7) is 2.49. The number of fused-ring (bicyclic) bond motifs is 3. The number of aliphatic hydroxyl groups is 2. The van der Waals surface area contributed by atoms with E-state index >= 15 is 0 Å². The predicted octanol–water partition coefficient (Wildman–Crippen LogP) is 13.0. The van der Waals surface area contributed by atoms with Crippen molar-refractivity contribution >= 4 is 32.4 Å². The van der Waals surface area contributed by atoms with E-state index in [1.165, 1.54) is 5.39 Å². The van der Waals surface area contributed by atoms with Crippen LogP contribution in [0.1, 0.15) is 23.6 Å². The summed E-state index contributed by atoms with van der Waals surface area (Å²) in [6, 6.07) is 73.1. The van der Waals surface area contributed by atoms with E-state index in [1.54, 1.807) is 0 Å². The normalized spacial score (nSPS) is 11.7. The number of aliphatic hydroxyl groups excluding tert-OH is 2. The van der Waals surface area contributed by atoms with Crippen LogP contribution in [0.2, 0.25) is 0 Å². The Labute approximate surface area is 367 Å². The smallest absolute Gasteiger partial charge is 0.127 e. The van der Waals surface area contributed by atoms with Gasteiger partial charge in [-0.3, -0.25) is 0 Å². The highest BCUT2D eigenvalue weighted by atomic mass is 16.5. The van der Waals surface area contributed by atoms with Crippen LogP contribution in [-0.4, -0.2) is 41.2 Å². The summed E-state index contributed by atoms with van der Waals surface area (Å²) in [6.07, 6.45) is 0. The monoisotopic (exact) mass is 821 g/mol. The minimum absolute atomic E-state index is 0.0888. The Kier molecular flexibility index (Phi) is 10.8. The molecule has 0 radical (unpaired) electrons. The average Bonchev–Trinajstić information content (AvgIpc) is 3.74. The molecule has 1 heterocycles. The third kappa shape index (κ3) is 7.52. The maximum atomic E-state index is 9.84. The largest absolute Gasteiger partial charge is 0.491 e. The van der Waals surface area contributed by atoms with Crippen molar-refractivity contribution in [2.45, 2.75) is 12.3 Å². The van der Waals surface area contributed by atoms with Crippen molar-refractivity contribution in [2.75, 3.05) is 26.4 Å². The Hall–Kier alpha value is -7.44. The Balaban J connectivity index is 1.18. The van der Waals surface area contributed by atoms with E-state index < -0.39 is 5.41 Å². The van der Waals surface area contributed by atoms with Crippen LogP contribution in [0.3, 0.4) is 0 Å². The molecular weight excluding hydrogens is 775 g/mol. The molecule has 10 rings (SSSR count). The van der Waals surface area contributed by atoms with Gasteiger partial charge in [0.15, 0.2) is 0 Å². The Bertz CT molecular complexity index is 3090. The van der Waals surface area contributed by atoms with Crippen LogP contribution >= 0.6 is 0 Å². The van der Waals surface area contributed by atoms with E-state index in [0.717, 1.165) is 83.0 Å². The lowest BCUT2D eigenvalue weighted by atomic mass is 9.70. The molecule has 10 aromatic rings. The fourth-order valence-electron chi connectivity index (χ4n) is 9.11. The molecule has 0 aliphatic carbocycles. The third-order valence-electron chi connectivity index (χ3n) is 12.4. The molecule has 0 spiro atoms. The third-order valence-corrected chi connectivity index (χ3v) is 12.4. The molecule has 0 amide bonds. The molecule has 0 unspecified atom stereocenters. The summed E-state index contributed by atoms with van der Waals surface area (Å²) in [5.41, 5.74) is 11.0. The Morgan fingerprint density at radius 2 is 0.873 bits per heavy atom. The van der Waals surface area contributed by atoms with Crippen molar-refractivity contribution in [1.29, 1.82) is 0 Å². The van der Waals surface area contributed by atoms with Crippen LogP contribution in [-0.2, 0) is 5.41 Å². The first-order chi connectivity index (χ1) is 31.0. The first kappa shape index (κ1) is 39.7. The maximum absolute atomic E-state index is 9.84. The van der Waals surface area contributed by atoms with Gasteiger partial charge in [-0.15, -0.1) is 0 Å². The topological polar surface area (TPSA) is 63.9 Å². The van der Waals surface area contributed by atoms with Crippen molar-refractivity contribution in [3.8, 4) is 50.7 Å². The summed E-state index contributed by atoms with van der Waals surface area (Å²) in [4.78, 5) is 0. The lowest BCUT2D eigenvalue weighted by molar-refractivity contribution is 0.202. The highest BCUT2D eigenvalue weighted by Gasteiger charge is 2.33. The van der Waals surface area contributed by atoms with Crippen LogP contribution < -0.4 is 9.47 Å². The molecule has 0 atom stereocenters. The van der Waals surface area contributed by atoms with Crippen molar-refractivity contribution in [2.24, 2.45) is 0 Å². The molecule has 2 N–H and O–H groups in total. The fourth-order valence-corrected chi connectivity index (χ4v) is 9.11. The molecule has 5 heteroatoms. The van der Waals surface area contributed by atoms with Crippen LogP contribution in [0.25, 0.3) is 71.6 Å². The van der Waals surface area contributed by atoms with Gasteiger partial charge in [-0.25, -0.2) is 0 Å². The number of hydrogen-bond acceptors (Lipinski definition) is 4. The summed E-state index contributed by atoms with van der Waals surface area (Å²) >= 11 is 0. The van der Waals surface area contributed by atoms with Crippen molar-refractivity contribution in [1.82, 2.24) is 4.57 Å². The SMILES string of the molecule is CC(c1ccc(-c2cc3ccccc3n2-c2ccccc2)cc1)(c1ccc(OCCO)c(-c2ccc3ccccc3c2)c1)c1ccc(OCCO)c(-c2ccc3ccccc3c2)c1. The minimum atomic E-state index is -0.688. The summed E-state index contributed by atoms with van der Waals surface area (Å²) in [5.74, 6) is 1.42. The fraction of sp³-hybridized carbons (Fsp3) is 0.103. The summed E-state index contributed by atoms with van der Waals surface area (Å²) in [5, 5.41) is 25.5. The number of benzene rings is 9. The number of ether oxygens (including phenoxy) is 2. The molecule has 308 valence electrons. The number of rotatable bonds is 13. The van der Waals surface area contributed by atoms with Crippen molar-refractivity contribution in [3.63, 3.8) is 0 Å². The second-order valence-corrected chi connectivity index (χ2v) is 16.2. The van der Waals surface area contributed by atoms with Gasteiger partial charge in [0.25, 0.3) is 0 Å². The molecule has 5 nitrogen and oxygen atoms in total. The molecule has 0 aliphatic heterocycles. The van der Waals surface area contributed by atoms with Gasteiger partial charge in [0.2, 0.25) is 0 Å². The first-order valence-corrected chi connectivity index (χ1v) is 21.5. The minimum Gasteiger partial charge on any atom is -0.491 e. The summed E-state index contributed by atoms with van der Waals surface area (Å²) < 4.78 is 14.8. The standard InChI is InChI=1S/C58H47NO4/c1-58(49-27-29-56(62-33-31-60)52(38-49)45-21-19-40-11-5-7-13-43(40)35-45,50-28-30-57(63-34-32-61)53(39-50)46-22-20-41-12-6-8-14-44(41)36-46)48-25-23-42(24-26-48)55-37-47-15-9-10-18-54(47)59(55)51-16-3-2-4-17-51/h2-30,35-39,60-61H,31-34H2,1H3. The zero-order valence-electron chi connectivity index (χ0n) is 35.1. The van der Waals surface area contributed by atoms with Crippen molar-refractivity contribution < 1.29 is 19.7 Å². The molecule has 0 fully saturated rings. The van der Waals surface area contributed by atoms with E-state index in [2.05, 4.69) is 206 Å². The Morgan fingerprint density at radius 1 is 0.413 bits per heavy atom. The van der Waals surface area contributed by atoms with Gasteiger partial charge in [0.05, 0.1) is 24.4 Å². The number of aromatic nitrogens is 1. The molecule has 9 aromatic carbocycles. The van der Waals surface area contributed by atoms with Crippen molar-refractivity contribution in [3.05, 3.63) is 223 Å². The molecule has 1 aromatic heterocycles. The first-order valence-electron chi connectivity index (χ1n) is 21.5. The molecule has 0 saturated carbocycles. The van der Waals surface area contributed by atoms with E-state index in [1.807, 2.05) is 12.1 Å². The Morgan fingerprint density at radius 3 is 1.41 bits per heavy atom. The molecule has 0 aliphatic rings. The van der Waals surface area contributed by atoms with Gasteiger partial charge < -0.3 is 24.3 Å². The van der Waals surface area contributed by atoms with Crippen LogP contribution in [0.4, 0.5) is 0 Å². The van der Waals surface area contributed by atoms with Crippen LogP contribution in [0.5, 0.6) is 11.5 Å². The molecular formula is C58H47NO4. The van der Waals surface area contributed by atoms with Gasteiger partial charge in [0.1, 0.15) is 24.7 Å².